The van der Waals surface area contributed by atoms with Gasteiger partial charge in [0.25, 0.3) is 0 Å². The van der Waals surface area contributed by atoms with E-state index in [-0.39, 0.29) is 5.91 Å². The van der Waals surface area contributed by atoms with E-state index in [1.165, 1.54) is 43.5 Å². The van der Waals surface area contributed by atoms with Gasteiger partial charge in [-0.25, -0.2) is 0 Å². The summed E-state index contributed by atoms with van der Waals surface area (Å²) in [5, 5.41) is 3.03. The molecule has 4 heteroatoms. The first-order valence-corrected chi connectivity index (χ1v) is 9.76. The molecule has 2 unspecified atom stereocenters. The summed E-state index contributed by atoms with van der Waals surface area (Å²) in [5.74, 6) is 1.72. The van der Waals surface area contributed by atoms with E-state index in [1.807, 2.05) is 7.05 Å². The largest absolute Gasteiger partial charge is 0.351 e. The number of carbonyl (C=O) groups excluding carboxylic acids is 1. The highest BCUT2D eigenvalue weighted by Gasteiger charge is 2.27. The van der Waals surface area contributed by atoms with Crippen LogP contribution in [-0.2, 0) is 17.9 Å². The Balaban J connectivity index is 1.43. The van der Waals surface area contributed by atoms with Crippen molar-refractivity contribution in [2.24, 2.45) is 11.8 Å². The second-order valence-electron chi connectivity index (χ2n) is 8.38. The van der Waals surface area contributed by atoms with Gasteiger partial charge in [0.1, 0.15) is 0 Å². The number of carbonyl (C=O) groups is 1. The molecule has 25 heavy (non-hydrogen) atoms. The van der Waals surface area contributed by atoms with Crippen LogP contribution in [0.5, 0.6) is 0 Å². The van der Waals surface area contributed by atoms with Crippen molar-refractivity contribution < 1.29 is 4.79 Å². The van der Waals surface area contributed by atoms with Crippen molar-refractivity contribution in [3.8, 4) is 0 Å². The summed E-state index contributed by atoms with van der Waals surface area (Å²) >= 11 is 0. The molecule has 2 atom stereocenters. The van der Waals surface area contributed by atoms with E-state index in [2.05, 4.69) is 53.2 Å². The van der Waals surface area contributed by atoms with Crippen LogP contribution in [0.25, 0.3) is 0 Å². The summed E-state index contributed by atoms with van der Waals surface area (Å²) in [4.78, 5) is 16.7. The molecule has 1 amide bonds. The minimum atomic E-state index is 0.120. The maximum absolute atomic E-state index is 12.0. The molecule has 0 spiro atoms. The van der Waals surface area contributed by atoms with Crippen LogP contribution in [0.3, 0.4) is 0 Å². The number of nitrogens with one attached hydrogen (secondary N) is 1. The number of benzene rings is 1. The van der Waals surface area contributed by atoms with Gasteiger partial charge in [-0.1, -0.05) is 38.1 Å². The first-order chi connectivity index (χ1) is 12.0. The Labute approximate surface area is 152 Å². The smallest absolute Gasteiger partial charge is 0.234 e. The van der Waals surface area contributed by atoms with Gasteiger partial charge in [-0.3, -0.25) is 14.6 Å². The van der Waals surface area contributed by atoms with Crippen molar-refractivity contribution in [2.75, 3.05) is 26.7 Å². The third-order valence-corrected chi connectivity index (χ3v) is 5.43. The molecular weight excluding hydrogens is 310 g/mol. The number of nitrogens with zero attached hydrogens (tertiary/aromatic N) is 2. The van der Waals surface area contributed by atoms with Crippen LogP contribution in [0.2, 0.25) is 0 Å². The lowest BCUT2D eigenvalue weighted by atomic mass is 9.91. The zero-order valence-electron chi connectivity index (χ0n) is 16.0. The number of piperidine rings is 1. The van der Waals surface area contributed by atoms with E-state index >= 15 is 0 Å². The fourth-order valence-electron chi connectivity index (χ4n) is 4.07. The fraction of sp³-hybridized carbons (Fsp3) is 0.667. The van der Waals surface area contributed by atoms with Gasteiger partial charge in [0, 0.05) is 32.2 Å². The van der Waals surface area contributed by atoms with Crippen molar-refractivity contribution >= 4 is 5.91 Å². The van der Waals surface area contributed by atoms with Crippen molar-refractivity contribution in [2.45, 2.75) is 52.2 Å². The SMILES string of the molecule is CC1CC(C)CN(Cc2ccc(CNC(=O)CN(C)C3CC3)cc2)C1. The Hall–Kier alpha value is -1.39. The lowest BCUT2D eigenvalue weighted by Gasteiger charge is -2.35. The molecule has 1 heterocycles. The van der Waals surface area contributed by atoms with Gasteiger partial charge < -0.3 is 5.32 Å². The van der Waals surface area contributed by atoms with Crippen LogP contribution < -0.4 is 5.32 Å². The maximum Gasteiger partial charge on any atom is 0.234 e. The number of amides is 1. The molecule has 0 aromatic heterocycles. The normalized spacial score (nSPS) is 24.5. The average molecular weight is 344 g/mol. The lowest BCUT2D eigenvalue weighted by Crippen LogP contribution is -2.38. The Kier molecular flexibility index (Phi) is 6.13. The minimum Gasteiger partial charge on any atom is -0.351 e. The van der Waals surface area contributed by atoms with E-state index in [1.54, 1.807) is 0 Å². The third kappa shape index (κ3) is 5.82. The van der Waals surface area contributed by atoms with E-state index < -0.39 is 0 Å². The zero-order valence-corrected chi connectivity index (χ0v) is 16.0. The molecule has 2 fully saturated rings. The number of hydrogen-bond acceptors (Lipinski definition) is 3. The first-order valence-electron chi connectivity index (χ1n) is 9.76. The molecule has 1 N–H and O–H groups in total. The van der Waals surface area contributed by atoms with Crippen molar-refractivity contribution in [3.63, 3.8) is 0 Å². The van der Waals surface area contributed by atoms with Gasteiger partial charge >= 0.3 is 0 Å². The minimum absolute atomic E-state index is 0.120. The summed E-state index contributed by atoms with van der Waals surface area (Å²) in [5.41, 5.74) is 2.54. The number of rotatable bonds is 7. The van der Waals surface area contributed by atoms with Gasteiger partial charge in [-0.15, -0.1) is 0 Å². The predicted octanol–water partition coefficient (Wildman–Crippen LogP) is 2.87. The number of likely N-dealkylation sites (tertiary alicyclic amines) is 1. The van der Waals surface area contributed by atoms with Gasteiger partial charge in [-0.2, -0.15) is 0 Å². The topological polar surface area (TPSA) is 35.6 Å². The zero-order chi connectivity index (χ0) is 17.8. The lowest BCUT2D eigenvalue weighted by molar-refractivity contribution is -0.122. The Morgan fingerprint density at radius 2 is 1.72 bits per heavy atom. The fourth-order valence-corrected chi connectivity index (χ4v) is 4.07. The highest BCUT2D eigenvalue weighted by Crippen LogP contribution is 2.25. The van der Waals surface area contributed by atoms with Crippen LogP contribution in [-0.4, -0.2) is 48.4 Å². The molecule has 4 nitrogen and oxygen atoms in total. The molecule has 1 saturated carbocycles. The second kappa shape index (κ2) is 8.33. The second-order valence-corrected chi connectivity index (χ2v) is 8.38. The molecule has 0 radical (unpaired) electrons. The highest BCUT2D eigenvalue weighted by molar-refractivity contribution is 5.78. The van der Waals surface area contributed by atoms with Crippen LogP contribution in [0.4, 0.5) is 0 Å². The monoisotopic (exact) mass is 343 g/mol. The molecule has 2 aliphatic rings. The Bertz CT molecular complexity index is 557. The molecular formula is C21H33N3O. The van der Waals surface area contributed by atoms with Crippen molar-refractivity contribution in [1.82, 2.24) is 15.1 Å². The molecule has 1 aliphatic carbocycles. The van der Waals surface area contributed by atoms with E-state index in [4.69, 9.17) is 0 Å². The predicted molar refractivity (Wildman–Crippen MR) is 102 cm³/mol. The van der Waals surface area contributed by atoms with E-state index in [0.29, 0.717) is 19.1 Å². The van der Waals surface area contributed by atoms with Crippen molar-refractivity contribution in [3.05, 3.63) is 35.4 Å². The molecule has 138 valence electrons. The van der Waals surface area contributed by atoms with Crippen LogP contribution >= 0.6 is 0 Å². The highest BCUT2D eigenvalue weighted by atomic mass is 16.2. The number of likely N-dealkylation sites (N-methyl/N-ethyl adjacent to an activating group) is 1. The third-order valence-electron chi connectivity index (χ3n) is 5.43. The standard InChI is InChI=1S/C21H33N3O/c1-16-10-17(2)13-24(12-16)14-19-6-4-18(5-7-19)11-22-21(25)15-23(3)20-8-9-20/h4-7,16-17,20H,8-15H2,1-3H3,(H,22,25). The van der Waals surface area contributed by atoms with Gasteiger partial charge in [0.05, 0.1) is 6.54 Å². The van der Waals surface area contributed by atoms with E-state index in [9.17, 15) is 4.79 Å². The van der Waals surface area contributed by atoms with Crippen LogP contribution in [0.1, 0.15) is 44.2 Å². The molecule has 3 rings (SSSR count). The quantitative estimate of drug-likeness (QED) is 0.827. The van der Waals surface area contributed by atoms with Gasteiger partial charge in [-0.05, 0) is 49.3 Å². The van der Waals surface area contributed by atoms with Crippen LogP contribution in [0.15, 0.2) is 24.3 Å². The Morgan fingerprint density at radius 3 is 2.32 bits per heavy atom. The van der Waals surface area contributed by atoms with Crippen molar-refractivity contribution in [1.29, 1.82) is 0 Å². The summed E-state index contributed by atoms with van der Waals surface area (Å²) < 4.78 is 0. The molecule has 1 saturated heterocycles. The van der Waals surface area contributed by atoms with Gasteiger partial charge in [0.2, 0.25) is 5.91 Å². The first kappa shape index (κ1) is 18.4. The summed E-state index contributed by atoms with van der Waals surface area (Å²) in [7, 11) is 2.04. The van der Waals surface area contributed by atoms with Gasteiger partial charge in [0.15, 0.2) is 0 Å². The summed E-state index contributed by atoms with van der Waals surface area (Å²) in [6.45, 7) is 9.29. The Morgan fingerprint density at radius 1 is 1.12 bits per heavy atom. The maximum atomic E-state index is 12.0. The molecule has 0 bridgehead atoms. The summed E-state index contributed by atoms with van der Waals surface area (Å²) in [6.07, 6.45) is 3.82. The van der Waals surface area contributed by atoms with Crippen LogP contribution in [0, 0.1) is 11.8 Å². The molecule has 1 aromatic rings. The van der Waals surface area contributed by atoms with E-state index in [0.717, 1.165) is 18.4 Å². The summed E-state index contributed by atoms with van der Waals surface area (Å²) in [6, 6.07) is 9.35. The molecule has 1 aliphatic heterocycles. The molecule has 1 aromatic carbocycles. The number of hydrogen-bond donors (Lipinski definition) is 1. The average Bonchev–Trinajstić information content (AvgIpc) is 3.38.